The summed E-state index contributed by atoms with van der Waals surface area (Å²) in [7, 11) is 0. The molecule has 19 heavy (non-hydrogen) atoms. The summed E-state index contributed by atoms with van der Waals surface area (Å²) in [6.07, 6.45) is 0.939. The Morgan fingerprint density at radius 2 is 2.11 bits per heavy atom. The quantitative estimate of drug-likeness (QED) is 0.873. The maximum atomic E-state index is 11.9. The molecule has 0 bridgehead atoms. The topological polar surface area (TPSA) is 49.4 Å². The minimum absolute atomic E-state index is 0.0434. The van der Waals surface area contributed by atoms with Crippen molar-refractivity contribution in [3.8, 4) is 0 Å². The van der Waals surface area contributed by atoms with Gasteiger partial charge in [0.05, 0.1) is 0 Å². The lowest BCUT2D eigenvalue weighted by Gasteiger charge is -2.16. The first kappa shape index (κ1) is 13.6. The van der Waals surface area contributed by atoms with Crippen LogP contribution in [0, 0.1) is 5.92 Å². The van der Waals surface area contributed by atoms with Crippen molar-refractivity contribution in [2.24, 2.45) is 5.92 Å². The first-order valence-electron chi connectivity index (χ1n) is 6.77. The molecule has 4 heteroatoms. The molecule has 2 amide bonds. The summed E-state index contributed by atoms with van der Waals surface area (Å²) in [6.45, 7) is 3.88. The summed E-state index contributed by atoms with van der Waals surface area (Å²) >= 11 is 0. The molecule has 1 heterocycles. The second-order valence-electron chi connectivity index (χ2n) is 4.99. The van der Waals surface area contributed by atoms with Gasteiger partial charge in [-0.2, -0.15) is 0 Å². The van der Waals surface area contributed by atoms with Crippen molar-refractivity contribution in [2.45, 2.75) is 26.3 Å². The first-order chi connectivity index (χ1) is 9.19. The molecule has 1 fully saturated rings. The molecule has 1 aromatic rings. The number of amides is 2. The van der Waals surface area contributed by atoms with Gasteiger partial charge in [-0.15, -0.1) is 0 Å². The normalized spacial score (nSPS) is 18.7. The molecule has 0 saturated carbocycles. The van der Waals surface area contributed by atoms with E-state index in [9.17, 15) is 9.59 Å². The summed E-state index contributed by atoms with van der Waals surface area (Å²) < 4.78 is 0. The van der Waals surface area contributed by atoms with Gasteiger partial charge in [0.15, 0.2) is 0 Å². The Balaban J connectivity index is 1.87. The Morgan fingerprint density at radius 3 is 2.79 bits per heavy atom. The van der Waals surface area contributed by atoms with E-state index in [1.165, 1.54) is 0 Å². The van der Waals surface area contributed by atoms with Crippen molar-refractivity contribution in [1.29, 1.82) is 0 Å². The summed E-state index contributed by atoms with van der Waals surface area (Å²) in [5.41, 5.74) is 1.13. The van der Waals surface area contributed by atoms with E-state index < -0.39 is 0 Å². The monoisotopic (exact) mass is 260 g/mol. The first-order valence-corrected chi connectivity index (χ1v) is 6.77. The Kier molecular flexibility index (Phi) is 4.55. The Morgan fingerprint density at radius 1 is 1.37 bits per heavy atom. The second kappa shape index (κ2) is 6.36. The molecule has 0 aliphatic carbocycles. The minimum Gasteiger partial charge on any atom is -0.356 e. The molecule has 1 atom stereocenters. The highest BCUT2D eigenvalue weighted by molar-refractivity contribution is 5.81. The third-order valence-electron chi connectivity index (χ3n) is 3.36. The van der Waals surface area contributed by atoms with Gasteiger partial charge in [-0.25, -0.2) is 0 Å². The standard InChI is InChI=1S/C15H20N2O2/c1-2-16-14(18)8-13-9-15(19)17(11-13)10-12-6-4-3-5-7-12/h3-7,13H,2,8-11H2,1H3,(H,16,18). The van der Waals surface area contributed by atoms with Gasteiger partial charge in [0.25, 0.3) is 0 Å². The predicted octanol–water partition coefficient (Wildman–Crippen LogP) is 1.56. The van der Waals surface area contributed by atoms with E-state index in [-0.39, 0.29) is 17.7 Å². The van der Waals surface area contributed by atoms with E-state index in [2.05, 4.69) is 5.32 Å². The molecule has 1 unspecified atom stereocenters. The lowest BCUT2D eigenvalue weighted by atomic mass is 10.0. The van der Waals surface area contributed by atoms with Gasteiger partial charge >= 0.3 is 0 Å². The highest BCUT2D eigenvalue weighted by Crippen LogP contribution is 2.22. The summed E-state index contributed by atoms with van der Waals surface area (Å²) in [5, 5.41) is 2.78. The molecule has 1 aliphatic rings. The molecular formula is C15H20N2O2. The predicted molar refractivity (Wildman–Crippen MR) is 73.3 cm³/mol. The van der Waals surface area contributed by atoms with Crippen molar-refractivity contribution in [1.82, 2.24) is 10.2 Å². The number of carbonyl (C=O) groups is 2. The van der Waals surface area contributed by atoms with Crippen molar-refractivity contribution in [3.63, 3.8) is 0 Å². The van der Waals surface area contributed by atoms with Crippen molar-refractivity contribution >= 4 is 11.8 Å². The van der Waals surface area contributed by atoms with Crippen LogP contribution in [0.3, 0.4) is 0 Å². The van der Waals surface area contributed by atoms with E-state index in [1.807, 2.05) is 42.2 Å². The van der Waals surface area contributed by atoms with Gasteiger partial charge < -0.3 is 10.2 Å². The average molecular weight is 260 g/mol. The van der Waals surface area contributed by atoms with Crippen LogP contribution in [0.2, 0.25) is 0 Å². The van der Waals surface area contributed by atoms with Crippen LogP contribution in [-0.4, -0.2) is 29.8 Å². The van der Waals surface area contributed by atoms with Crippen molar-refractivity contribution in [3.05, 3.63) is 35.9 Å². The zero-order valence-electron chi connectivity index (χ0n) is 11.3. The van der Waals surface area contributed by atoms with Gasteiger partial charge in [0.2, 0.25) is 11.8 Å². The van der Waals surface area contributed by atoms with Gasteiger partial charge in [-0.3, -0.25) is 9.59 Å². The van der Waals surface area contributed by atoms with Crippen LogP contribution >= 0.6 is 0 Å². The van der Waals surface area contributed by atoms with E-state index >= 15 is 0 Å². The van der Waals surface area contributed by atoms with Gasteiger partial charge in [0, 0.05) is 32.5 Å². The molecule has 102 valence electrons. The maximum Gasteiger partial charge on any atom is 0.223 e. The van der Waals surface area contributed by atoms with E-state index in [4.69, 9.17) is 0 Å². The van der Waals surface area contributed by atoms with Crippen LogP contribution in [-0.2, 0) is 16.1 Å². The maximum absolute atomic E-state index is 11.9. The fraction of sp³-hybridized carbons (Fsp3) is 0.467. The van der Waals surface area contributed by atoms with Crippen LogP contribution in [0.5, 0.6) is 0 Å². The molecule has 1 N–H and O–H groups in total. The lowest BCUT2D eigenvalue weighted by Crippen LogP contribution is -2.27. The second-order valence-corrected chi connectivity index (χ2v) is 4.99. The largest absolute Gasteiger partial charge is 0.356 e. The van der Waals surface area contributed by atoms with Gasteiger partial charge in [0.1, 0.15) is 0 Å². The fourth-order valence-electron chi connectivity index (χ4n) is 2.48. The molecule has 2 rings (SSSR count). The van der Waals surface area contributed by atoms with E-state index in [0.717, 1.165) is 5.56 Å². The number of nitrogens with one attached hydrogen (secondary N) is 1. The van der Waals surface area contributed by atoms with Crippen molar-refractivity contribution in [2.75, 3.05) is 13.1 Å². The van der Waals surface area contributed by atoms with Crippen LogP contribution in [0.15, 0.2) is 30.3 Å². The van der Waals surface area contributed by atoms with E-state index in [1.54, 1.807) is 0 Å². The number of carbonyl (C=O) groups excluding carboxylic acids is 2. The minimum atomic E-state index is 0.0434. The molecule has 0 radical (unpaired) electrons. The molecule has 4 nitrogen and oxygen atoms in total. The highest BCUT2D eigenvalue weighted by Gasteiger charge is 2.30. The molecule has 1 saturated heterocycles. The van der Waals surface area contributed by atoms with Crippen LogP contribution in [0.4, 0.5) is 0 Å². The SMILES string of the molecule is CCNC(=O)CC1CC(=O)N(Cc2ccccc2)C1. The number of rotatable bonds is 5. The number of nitrogens with zero attached hydrogens (tertiary/aromatic N) is 1. The summed E-state index contributed by atoms with van der Waals surface area (Å²) in [4.78, 5) is 25.3. The third kappa shape index (κ3) is 3.81. The molecule has 0 aromatic heterocycles. The number of hydrogen-bond acceptors (Lipinski definition) is 2. The molecular weight excluding hydrogens is 240 g/mol. The van der Waals surface area contributed by atoms with Gasteiger partial charge in [-0.05, 0) is 18.4 Å². The lowest BCUT2D eigenvalue weighted by molar-refractivity contribution is -0.128. The number of likely N-dealkylation sites (tertiary alicyclic amines) is 1. The van der Waals surface area contributed by atoms with Crippen LogP contribution in [0.25, 0.3) is 0 Å². The van der Waals surface area contributed by atoms with Gasteiger partial charge in [-0.1, -0.05) is 30.3 Å². The number of hydrogen-bond donors (Lipinski definition) is 1. The average Bonchev–Trinajstić information content (AvgIpc) is 2.71. The summed E-state index contributed by atoms with van der Waals surface area (Å²) in [5.74, 6) is 0.350. The molecule has 1 aromatic carbocycles. The Bertz CT molecular complexity index is 445. The third-order valence-corrected chi connectivity index (χ3v) is 3.36. The smallest absolute Gasteiger partial charge is 0.223 e. The Labute approximate surface area is 113 Å². The van der Waals surface area contributed by atoms with Crippen LogP contribution < -0.4 is 5.32 Å². The zero-order chi connectivity index (χ0) is 13.7. The highest BCUT2D eigenvalue weighted by atomic mass is 16.2. The number of benzene rings is 1. The van der Waals surface area contributed by atoms with Crippen molar-refractivity contribution < 1.29 is 9.59 Å². The summed E-state index contributed by atoms with van der Waals surface area (Å²) in [6, 6.07) is 9.95. The zero-order valence-corrected chi connectivity index (χ0v) is 11.3. The van der Waals surface area contributed by atoms with E-state index in [0.29, 0.717) is 32.5 Å². The fourth-order valence-corrected chi connectivity index (χ4v) is 2.48. The molecule has 0 spiro atoms. The molecule has 1 aliphatic heterocycles. The Hall–Kier alpha value is -1.84. The van der Waals surface area contributed by atoms with Crippen LogP contribution in [0.1, 0.15) is 25.3 Å².